The van der Waals surface area contributed by atoms with Gasteiger partial charge in [-0.25, -0.2) is 18.1 Å². The van der Waals surface area contributed by atoms with E-state index in [4.69, 9.17) is 9.47 Å². The van der Waals surface area contributed by atoms with Crippen molar-refractivity contribution in [3.63, 3.8) is 0 Å². The Kier molecular flexibility index (Phi) is 10.3. The monoisotopic (exact) mass is 703 g/mol. The van der Waals surface area contributed by atoms with Crippen LogP contribution in [-0.2, 0) is 22.7 Å². The Morgan fingerprint density at radius 1 is 1.00 bits per heavy atom. The molecule has 50 heavy (non-hydrogen) atoms. The van der Waals surface area contributed by atoms with E-state index in [-0.39, 0.29) is 30.1 Å². The van der Waals surface area contributed by atoms with Gasteiger partial charge in [0.25, 0.3) is 11.5 Å². The topological polar surface area (TPSA) is 126 Å². The quantitative estimate of drug-likeness (QED) is 0.0880. The van der Waals surface area contributed by atoms with E-state index < -0.39 is 42.9 Å². The summed E-state index contributed by atoms with van der Waals surface area (Å²) in [5.41, 5.74) is 0.437. The predicted octanol–water partition coefficient (Wildman–Crippen LogP) is 7.15. The first-order valence-corrected chi connectivity index (χ1v) is 19.7. The van der Waals surface area contributed by atoms with E-state index in [1.54, 1.807) is 45.0 Å². The van der Waals surface area contributed by atoms with E-state index in [2.05, 4.69) is 30.1 Å². The number of amides is 1. The van der Waals surface area contributed by atoms with Gasteiger partial charge in [-0.15, -0.1) is 0 Å². The molecule has 3 aromatic heterocycles. The zero-order chi connectivity index (χ0) is 36.4. The number of benzene rings is 2. The molecule has 3 heterocycles. The zero-order valence-corrected chi connectivity index (χ0v) is 29.8. The molecule has 0 saturated carbocycles. The number of aldehydes is 1. The van der Waals surface area contributed by atoms with E-state index in [0.717, 1.165) is 18.2 Å². The third-order valence-corrected chi connectivity index (χ3v) is 9.31. The van der Waals surface area contributed by atoms with Gasteiger partial charge >= 0.3 is 6.09 Å². The van der Waals surface area contributed by atoms with Crippen molar-refractivity contribution in [1.82, 2.24) is 18.9 Å². The number of nitrogens with zero attached hydrogens (tertiary/aromatic N) is 4. The smallest absolute Gasteiger partial charge is 0.419 e. The van der Waals surface area contributed by atoms with Gasteiger partial charge in [0, 0.05) is 38.0 Å². The Bertz CT molecular complexity index is 2140. The number of carbonyl (C=O) groups excluding carboxylic acids is 3. The van der Waals surface area contributed by atoms with Gasteiger partial charge in [-0.2, -0.15) is 5.10 Å². The van der Waals surface area contributed by atoms with Crippen molar-refractivity contribution < 1.29 is 32.6 Å². The van der Waals surface area contributed by atoms with Crippen molar-refractivity contribution in [3.05, 3.63) is 106 Å². The van der Waals surface area contributed by atoms with Crippen LogP contribution in [0.3, 0.4) is 0 Å². The average molecular weight is 704 g/mol. The van der Waals surface area contributed by atoms with Gasteiger partial charge < -0.3 is 14.8 Å². The highest BCUT2D eigenvalue weighted by atomic mass is 28.3. The van der Waals surface area contributed by atoms with Crippen LogP contribution in [0.15, 0.2) is 71.9 Å². The molecule has 0 bridgehead atoms. The van der Waals surface area contributed by atoms with Gasteiger partial charge in [-0.3, -0.25) is 23.6 Å². The molecule has 1 amide bonds. The van der Waals surface area contributed by atoms with Crippen molar-refractivity contribution in [2.75, 3.05) is 11.9 Å². The molecule has 0 atom stereocenters. The first-order valence-electron chi connectivity index (χ1n) is 16.0. The van der Waals surface area contributed by atoms with Crippen molar-refractivity contribution in [2.45, 2.75) is 65.3 Å². The average Bonchev–Trinajstić information content (AvgIpc) is 3.63. The molecule has 5 aromatic rings. The maximum atomic E-state index is 14.1. The standard InChI is InChI=1S/C36H39F2N5O6Si/c1-36(2,3)49-35(47)43-31-10-8-24(21-44)13-25(31)16-32(43)28-15-26(19-41(34(28)46)22-48-11-12-50(4,5)6)33(45)40-27-17-39-42(20-27)18-23-7-9-29(37)30(38)14-23/h7-10,13-17,19-21H,11-12,18,22H2,1-6H3,(H,40,45). The summed E-state index contributed by atoms with van der Waals surface area (Å²) in [6.07, 6.45) is 4.24. The van der Waals surface area contributed by atoms with Gasteiger partial charge in [0.1, 0.15) is 18.6 Å². The fourth-order valence-electron chi connectivity index (χ4n) is 5.13. The minimum atomic E-state index is -1.44. The third-order valence-electron chi connectivity index (χ3n) is 7.61. The lowest BCUT2D eigenvalue weighted by molar-refractivity contribution is 0.0547. The van der Waals surface area contributed by atoms with Crippen LogP contribution in [0.2, 0.25) is 25.7 Å². The van der Waals surface area contributed by atoms with Crippen LogP contribution < -0.4 is 10.9 Å². The first kappa shape index (κ1) is 36.1. The molecule has 11 nitrogen and oxygen atoms in total. The summed E-state index contributed by atoms with van der Waals surface area (Å²) in [7, 11) is -1.44. The molecular formula is C36H39F2N5O6Si. The first-order chi connectivity index (χ1) is 23.5. The second kappa shape index (κ2) is 14.3. The fourth-order valence-corrected chi connectivity index (χ4v) is 5.89. The summed E-state index contributed by atoms with van der Waals surface area (Å²) in [4.78, 5) is 52.9. The van der Waals surface area contributed by atoms with Crippen LogP contribution >= 0.6 is 0 Å². The summed E-state index contributed by atoms with van der Waals surface area (Å²) >= 11 is 0. The van der Waals surface area contributed by atoms with Crippen LogP contribution in [0.1, 0.15) is 47.1 Å². The highest BCUT2D eigenvalue weighted by molar-refractivity contribution is 6.76. The molecule has 262 valence electrons. The molecular weight excluding hydrogens is 665 g/mol. The minimum absolute atomic E-state index is 0.0233. The van der Waals surface area contributed by atoms with Crippen LogP contribution in [-0.4, -0.2) is 57.5 Å². The lowest BCUT2D eigenvalue weighted by Gasteiger charge is -2.21. The lowest BCUT2D eigenvalue weighted by atomic mass is 10.1. The molecule has 1 N–H and O–H groups in total. The van der Waals surface area contributed by atoms with Gasteiger partial charge in [-0.05, 0) is 74.8 Å². The van der Waals surface area contributed by atoms with Crippen molar-refractivity contribution >= 4 is 43.0 Å². The minimum Gasteiger partial charge on any atom is -0.443 e. The van der Waals surface area contributed by atoms with Gasteiger partial charge in [0.15, 0.2) is 11.6 Å². The summed E-state index contributed by atoms with van der Waals surface area (Å²) in [6, 6.07) is 12.1. The van der Waals surface area contributed by atoms with E-state index in [1.165, 1.54) is 44.5 Å². The maximum absolute atomic E-state index is 14.1. The third kappa shape index (κ3) is 8.68. The summed E-state index contributed by atoms with van der Waals surface area (Å²) < 4.78 is 42.7. The fraction of sp³-hybridized carbons (Fsp3) is 0.306. The normalized spacial score (nSPS) is 11.9. The van der Waals surface area contributed by atoms with Gasteiger partial charge in [0.05, 0.1) is 40.8 Å². The predicted molar refractivity (Wildman–Crippen MR) is 188 cm³/mol. The number of nitrogens with one attached hydrogen (secondary N) is 1. The Labute approximate surface area is 288 Å². The van der Waals surface area contributed by atoms with Gasteiger partial charge in [0.2, 0.25) is 0 Å². The highest BCUT2D eigenvalue weighted by Gasteiger charge is 2.26. The molecule has 14 heteroatoms. The summed E-state index contributed by atoms with van der Waals surface area (Å²) in [5, 5.41) is 7.48. The number of aromatic nitrogens is 4. The summed E-state index contributed by atoms with van der Waals surface area (Å²) in [5.74, 6) is -2.52. The number of carbonyl (C=O) groups is 3. The Morgan fingerprint density at radius 2 is 1.76 bits per heavy atom. The largest absolute Gasteiger partial charge is 0.443 e. The van der Waals surface area contributed by atoms with Crippen LogP contribution in [0.4, 0.5) is 19.3 Å². The van der Waals surface area contributed by atoms with Crippen molar-refractivity contribution in [3.8, 4) is 11.3 Å². The molecule has 0 unspecified atom stereocenters. The molecule has 0 fully saturated rings. The number of anilines is 1. The summed E-state index contributed by atoms with van der Waals surface area (Å²) in [6.45, 7) is 12.2. The number of halogens is 2. The van der Waals surface area contributed by atoms with Crippen LogP contribution in [0, 0.1) is 11.6 Å². The van der Waals surface area contributed by atoms with Gasteiger partial charge in [-0.1, -0.05) is 25.7 Å². The molecule has 0 aliphatic carbocycles. The lowest BCUT2D eigenvalue weighted by Crippen LogP contribution is -2.30. The molecule has 0 radical (unpaired) electrons. The number of rotatable bonds is 11. The number of pyridine rings is 1. The number of hydrogen-bond acceptors (Lipinski definition) is 7. The zero-order valence-electron chi connectivity index (χ0n) is 28.8. The molecule has 5 rings (SSSR count). The Morgan fingerprint density at radius 3 is 2.44 bits per heavy atom. The SMILES string of the molecule is CC(C)(C)OC(=O)n1c(-c2cc(C(=O)Nc3cnn(Cc4ccc(F)c(F)c4)c3)cn(COCC[Si](C)(C)C)c2=O)cc2cc(C=O)ccc21. The van der Waals surface area contributed by atoms with E-state index in [9.17, 15) is 28.0 Å². The number of ether oxygens (including phenoxy) is 2. The van der Waals surface area contributed by atoms with E-state index >= 15 is 0 Å². The molecule has 0 aliphatic rings. The molecule has 0 saturated heterocycles. The van der Waals surface area contributed by atoms with Crippen molar-refractivity contribution in [1.29, 1.82) is 0 Å². The Hall–Kier alpha value is -5.21. The van der Waals surface area contributed by atoms with E-state index in [0.29, 0.717) is 40.6 Å². The molecule has 2 aromatic carbocycles. The number of hydrogen-bond donors (Lipinski definition) is 1. The van der Waals surface area contributed by atoms with Crippen molar-refractivity contribution in [2.24, 2.45) is 0 Å². The van der Waals surface area contributed by atoms with Crippen LogP contribution in [0.5, 0.6) is 0 Å². The second-order valence-electron chi connectivity index (χ2n) is 14.2. The second-order valence-corrected chi connectivity index (χ2v) is 19.8. The van der Waals surface area contributed by atoms with E-state index in [1.807, 2.05) is 0 Å². The maximum Gasteiger partial charge on any atom is 0.419 e. The Balaban J connectivity index is 1.55. The molecule has 0 spiro atoms. The number of fused-ring (bicyclic) bond motifs is 1. The van der Waals surface area contributed by atoms with Crippen LogP contribution in [0.25, 0.3) is 22.2 Å². The molecule has 0 aliphatic heterocycles. The highest BCUT2D eigenvalue weighted by Crippen LogP contribution is 2.29.